The Morgan fingerprint density at radius 2 is 1.89 bits per heavy atom. The van der Waals surface area contributed by atoms with Crippen molar-refractivity contribution in [3.8, 4) is 5.75 Å². The molecule has 3 heteroatoms. The largest absolute Gasteiger partial charge is 0.423 e. The Balaban J connectivity index is 1.37. The second kappa shape index (κ2) is 6.73. The highest BCUT2D eigenvalue weighted by Gasteiger charge is 2.54. The molecule has 0 radical (unpaired) electrons. The van der Waals surface area contributed by atoms with E-state index < -0.39 is 0 Å². The van der Waals surface area contributed by atoms with Gasteiger partial charge in [-0.3, -0.25) is 0 Å². The van der Waals surface area contributed by atoms with Crippen molar-refractivity contribution in [2.75, 3.05) is 0 Å². The molecule has 3 aliphatic rings. The molecule has 0 saturated heterocycles. The van der Waals surface area contributed by atoms with Crippen LogP contribution < -0.4 is 4.74 Å². The SMILES string of the molecule is C[C@]12CC[C@@H]3c4ccc(OC(=O)c5ccccc5)cc4CC[C@@H]3[C@H]1CC[C@@H]2O. The Kier molecular flexibility index (Phi) is 4.31. The van der Waals surface area contributed by atoms with Crippen LogP contribution in [0.15, 0.2) is 48.5 Å². The summed E-state index contributed by atoms with van der Waals surface area (Å²) in [4.78, 5) is 12.4. The summed E-state index contributed by atoms with van der Waals surface area (Å²) in [5.74, 6) is 2.25. The number of aryl methyl sites for hydroxylation is 1. The Bertz CT molecular complexity index is 890. The second-order valence-corrected chi connectivity index (χ2v) is 9.17. The van der Waals surface area contributed by atoms with Crippen molar-refractivity contribution in [3.63, 3.8) is 0 Å². The number of carbonyl (C=O) groups excluding carboxylic acids is 1. The molecule has 3 aliphatic carbocycles. The van der Waals surface area contributed by atoms with Gasteiger partial charge in [-0.25, -0.2) is 4.79 Å². The number of hydrogen-bond donors (Lipinski definition) is 1. The van der Waals surface area contributed by atoms with Crippen molar-refractivity contribution in [2.45, 2.75) is 57.5 Å². The molecule has 28 heavy (non-hydrogen) atoms. The van der Waals surface area contributed by atoms with E-state index in [0.717, 1.165) is 25.7 Å². The first-order valence-corrected chi connectivity index (χ1v) is 10.6. The minimum absolute atomic E-state index is 0.115. The first-order chi connectivity index (χ1) is 13.6. The number of benzene rings is 2. The summed E-state index contributed by atoms with van der Waals surface area (Å²) in [7, 11) is 0. The van der Waals surface area contributed by atoms with Crippen LogP contribution in [-0.4, -0.2) is 17.2 Å². The number of fused-ring (bicyclic) bond motifs is 5. The van der Waals surface area contributed by atoms with Gasteiger partial charge in [0, 0.05) is 0 Å². The topological polar surface area (TPSA) is 46.5 Å². The average Bonchev–Trinajstić information content (AvgIpc) is 3.03. The van der Waals surface area contributed by atoms with Crippen molar-refractivity contribution in [1.82, 2.24) is 0 Å². The molecule has 0 spiro atoms. The van der Waals surface area contributed by atoms with Gasteiger partial charge in [0.05, 0.1) is 11.7 Å². The van der Waals surface area contributed by atoms with Crippen molar-refractivity contribution in [3.05, 3.63) is 65.2 Å². The predicted molar refractivity (Wildman–Crippen MR) is 108 cm³/mol. The van der Waals surface area contributed by atoms with Crippen LogP contribution >= 0.6 is 0 Å². The molecule has 5 atom stereocenters. The number of carbonyl (C=O) groups is 1. The normalized spacial score (nSPS) is 33.5. The number of rotatable bonds is 2. The zero-order valence-corrected chi connectivity index (χ0v) is 16.4. The van der Waals surface area contributed by atoms with E-state index in [4.69, 9.17) is 4.74 Å². The fourth-order valence-electron chi connectivity index (χ4n) is 6.33. The van der Waals surface area contributed by atoms with Gasteiger partial charge in [0.25, 0.3) is 0 Å². The summed E-state index contributed by atoms with van der Waals surface area (Å²) >= 11 is 0. The summed E-state index contributed by atoms with van der Waals surface area (Å²) in [5.41, 5.74) is 3.47. The predicted octanol–water partition coefficient (Wildman–Crippen LogP) is 5.12. The summed E-state index contributed by atoms with van der Waals surface area (Å²) in [6.45, 7) is 2.31. The van der Waals surface area contributed by atoms with Gasteiger partial charge in [-0.15, -0.1) is 0 Å². The third-order valence-electron chi connectivity index (χ3n) is 7.87. The van der Waals surface area contributed by atoms with Crippen LogP contribution in [0.5, 0.6) is 5.75 Å². The fourth-order valence-corrected chi connectivity index (χ4v) is 6.33. The maximum atomic E-state index is 12.4. The van der Waals surface area contributed by atoms with Crippen molar-refractivity contribution < 1.29 is 14.6 Å². The van der Waals surface area contributed by atoms with Crippen LogP contribution in [0.3, 0.4) is 0 Å². The van der Waals surface area contributed by atoms with E-state index in [1.54, 1.807) is 12.1 Å². The number of aliphatic hydroxyl groups excluding tert-OH is 1. The highest BCUT2D eigenvalue weighted by molar-refractivity contribution is 5.91. The van der Waals surface area contributed by atoms with Gasteiger partial charge in [0.2, 0.25) is 0 Å². The molecule has 0 amide bonds. The number of aliphatic hydroxyl groups is 1. The maximum absolute atomic E-state index is 12.4. The third-order valence-corrected chi connectivity index (χ3v) is 7.87. The van der Waals surface area contributed by atoms with Gasteiger partial charge in [-0.05, 0) is 97.1 Å². The molecule has 2 saturated carbocycles. The third kappa shape index (κ3) is 2.79. The maximum Gasteiger partial charge on any atom is 0.343 e. The van der Waals surface area contributed by atoms with Crippen LogP contribution in [0.4, 0.5) is 0 Å². The molecule has 0 aromatic heterocycles. The molecule has 146 valence electrons. The Labute approximate surface area is 166 Å². The zero-order chi connectivity index (χ0) is 19.3. The van der Waals surface area contributed by atoms with Gasteiger partial charge in [-0.1, -0.05) is 31.2 Å². The molecule has 5 rings (SSSR count). The van der Waals surface area contributed by atoms with E-state index in [9.17, 15) is 9.90 Å². The van der Waals surface area contributed by atoms with Gasteiger partial charge >= 0.3 is 5.97 Å². The minimum atomic E-state index is -0.303. The fraction of sp³-hybridized carbons (Fsp3) is 0.480. The Morgan fingerprint density at radius 3 is 2.71 bits per heavy atom. The van der Waals surface area contributed by atoms with E-state index >= 15 is 0 Å². The van der Waals surface area contributed by atoms with Crippen molar-refractivity contribution in [2.24, 2.45) is 17.3 Å². The summed E-state index contributed by atoms with van der Waals surface area (Å²) in [6, 6.07) is 15.4. The molecule has 0 unspecified atom stereocenters. The lowest BCUT2D eigenvalue weighted by atomic mass is 9.55. The lowest BCUT2D eigenvalue weighted by Gasteiger charge is -2.50. The molecule has 2 aromatic rings. The minimum Gasteiger partial charge on any atom is -0.423 e. The van der Waals surface area contributed by atoms with Crippen LogP contribution in [0.1, 0.15) is 66.4 Å². The summed E-state index contributed by atoms with van der Waals surface area (Å²) in [5, 5.41) is 10.5. The molecule has 0 bridgehead atoms. The van der Waals surface area contributed by atoms with E-state index in [1.165, 1.54) is 24.0 Å². The highest BCUT2D eigenvalue weighted by atomic mass is 16.5. The van der Waals surface area contributed by atoms with Crippen LogP contribution in [0.25, 0.3) is 0 Å². The van der Waals surface area contributed by atoms with Crippen molar-refractivity contribution >= 4 is 5.97 Å². The van der Waals surface area contributed by atoms with Gasteiger partial charge in [-0.2, -0.15) is 0 Å². The van der Waals surface area contributed by atoms with E-state index in [0.29, 0.717) is 29.1 Å². The zero-order valence-electron chi connectivity index (χ0n) is 16.4. The lowest BCUT2D eigenvalue weighted by molar-refractivity contribution is -0.0226. The van der Waals surface area contributed by atoms with E-state index in [-0.39, 0.29) is 17.5 Å². The molecule has 2 aromatic carbocycles. The van der Waals surface area contributed by atoms with Gasteiger partial charge in [0.1, 0.15) is 5.75 Å². The molecule has 2 fully saturated rings. The summed E-state index contributed by atoms with van der Waals surface area (Å²) in [6.07, 6.45) is 6.50. The molecule has 1 N–H and O–H groups in total. The molecular weight excluding hydrogens is 348 g/mol. The summed E-state index contributed by atoms with van der Waals surface area (Å²) < 4.78 is 5.63. The molecule has 3 nitrogen and oxygen atoms in total. The standard InChI is InChI=1S/C25H28O3/c1-25-14-13-20-19-10-8-18(28-24(27)16-5-3-2-4-6-16)15-17(19)7-9-21(20)22(25)11-12-23(25)26/h2-6,8,10,15,20-23,26H,7,9,11-14H2,1H3/t20-,21+,22-,23+,25+/m1/s1. The monoisotopic (exact) mass is 376 g/mol. The quantitative estimate of drug-likeness (QED) is 0.584. The number of ether oxygens (including phenoxy) is 1. The van der Waals surface area contributed by atoms with Crippen LogP contribution in [0, 0.1) is 17.3 Å². The van der Waals surface area contributed by atoms with Gasteiger partial charge < -0.3 is 9.84 Å². The van der Waals surface area contributed by atoms with E-state index in [1.807, 2.05) is 24.3 Å². The molecule has 0 aliphatic heterocycles. The van der Waals surface area contributed by atoms with Crippen molar-refractivity contribution in [1.29, 1.82) is 0 Å². The Morgan fingerprint density at radius 1 is 1.07 bits per heavy atom. The molecular formula is C25H28O3. The first kappa shape index (κ1) is 17.9. The van der Waals surface area contributed by atoms with Crippen LogP contribution in [-0.2, 0) is 6.42 Å². The molecule has 0 heterocycles. The number of hydrogen-bond acceptors (Lipinski definition) is 3. The van der Waals surface area contributed by atoms with Gasteiger partial charge in [0.15, 0.2) is 0 Å². The first-order valence-electron chi connectivity index (χ1n) is 10.6. The number of esters is 1. The second-order valence-electron chi connectivity index (χ2n) is 9.17. The average molecular weight is 376 g/mol. The highest BCUT2D eigenvalue weighted by Crippen LogP contribution is 2.60. The Hall–Kier alpha value is -2.13. The van der Waals surface area contributed by atoms with E-state index in [2.05, 4.69) is 19.1 Å². The lowest BCUT2D eigenvalue weighted by Crippen LogP contribution is -2.43. The smallest absolute Gasteiger partial charge is 0.343 e. The van der Waals surface area contributed by atoms with Crippen LogP contribution in [0.2, 0.25) is 0 Å².